The van der Waals surface area contributed by atoms with E-state index in [-0.39, 0.29) is 11.3 Å². The molecule has 4 fully saturated rings. The standard InChI is InChI=1S/C19H26N2OS/c1-13-4-5-23-15(13)9-20-21-16(22)19-8-14-6-17(2,11-19)10-18(3,7-14)12-19/h4-5,9,14H,6-8,10-12H2,1-3H3,(H,21,22)/b20-9+. The molecule has 1 aromatic rings. The van der Waals surface area contributed by atoms with Crippen molar-refractivity contribution < 1.29 is 4.79 Å². The van der Waals surface area contributed by atoms with Crippen LogP contribution in [0.4, 0.5) is 0 Å². The van der Waals surface area contributed by atoms with E-state index < -0.39 is 0 Å². The molecule has 4 aliphatic carbocycles. The summed E-state index contributed by atoms with van der Waals surface area (Å²) in [6.07, 6.45) is 8.88. The van der Waals surface area contributed by atoms with Crippen LogP contribution in [0, 0.1) is 29.1 Å². The summed E-state index contributed by atoms with van der Waals surface area (Å²) in [5.74, 6) is 0.889. The summed E-state index contributed by atoms with van der Waals surface area (Å²) in [5, 5.41) is 6.32. The van der Waals surface area contributed by atoms with Crippen molar-refractivity contribution in [2.24, 2.45) is 27.3 Å². The lowest BCUT2D eigenvalue weighted by Crippen LogP contribution is -2.59. The molecule has 0 spiro atoms. The molecule has 124 valence electrons. The van der Waals surface area contributed by atoms with Gasteiger partial charge < -0.3 is 0 Å². The third kappa shape index (κ3) is 2.55. The smallest absolute Gasteiger partial charge is 0.246 e. The number of hydrogen-bond acceptors (Lipinski definition) is 3. The van der Waals surface area contributed by atoms with Crippen LogP contribution in [-0.4, -0.2) is 12.1 Å². The summed E-state index contributed by atoms with van der Waals surface area (Å²) in [4.78, 5) is 14.1. The van der Waals surface area contributed by atoms with Gasteiger partial charge in [-0.2, -0.15) is 5.10 Å². The summed E-state index contributed by atoms with van der Waals surface area (Å²) in [6, 6.07) is 2.08. The number of thiophene rings is 1. The molecule has 0 aromatic carbocycles. The van der Waals surface area contributed by atoms with Crippen LogP contribution in [0.25, 0.3) is 0 Å². The van der Waals surface area contributed by atoms with Gasteiger partial charge in [-0.1, -0.05) is 13.8 Å². The van der Waals surface area contributed by atoms with E-state index in [4.69, 9.17) is 0 Å². The van der Waals surface area contributed by atoms with Crippen molar-refractivity contribution in [3.8, 4) is 0 Å². The number of carbonyl (C=O) groups is 1. The van der Waals surface area contributed by atoms with Crippen LogP contribution >= 0.6 is 11.3 Å². The quantitative estimate of drug-likeness (QED) is 0.643. The maximum atomic E-state index is 13.0. The molecule has 0 saturated heterocycles. The van der Waals surface area contributed by atoms with Crippen LogP contribution in [-0.2, 0) is 4.79 Å². The topological polar surface area (TPSA) is 41.5 Å². The van der Waals surface area contributed by atoms with E-state index in [1.54, 1.807) is 17.6 Å². The second-order valence-electron chi connectivity index (χ2n) is 9.08. The minimum Gasteiger partial charge on any atom is -0.273 e. The number of carbonyl (C=O) groups excluding carboxylic acids is 1. The number of aryl methyl sites for hydroxylation is 1. The molecule has 0 aliphatic heterocycles. The number of nitrogens with one attached hydrogen (secondary N) is 1. The van der Waals surface area contributed by atoms with Gasteiger partial charge in [-0.15, -0.1) is 11.3 Å². The Labute approximate surface area is 142 Å². The van der Waals surface area contributed by atoms with Crippen molar-refractivity contribution in [2.75, 3.05) is 0 Å². The van der Waals surface area contributed by atoms with Gasteiger partial charge in [0, 0.05) is 4.88 Å². The summed E-state index contributed by atoms with van der Waals surface area (Å²) in [7, 11) is 0. The average molecular weight is 330 g/mol. The van der Waals surface area contributed by atoms with Crippen molar-refractivity contribution in [3.63, 3.8) is 0 Å². The molecule has 1 heterocycles. The Morgan fingerprint density at radius 3 is 2.52 bits per heavy atom. The Morgan fingerprint density at radius 1 is 1.26 bits per heavy atom. The molecule has 1 aromatic heterocycles. The second kappa shape index (κ2) is 4.92. The highest BCUT2D eigenvalue weighted by Gasteiger charge is 2.62. The lowest BCUT2D eigenvalue weighted by Gasteiger charge is -2.64. The van der Waals surface area contributed by atoms with E-state index in [1.165, 1.54) is 24.8 Å². The molecular weight excluding hydrogens is 304 g/mol. The number of rotatable bonds is 3. The van der Waals surface area contributed by atoms with Crippen LogP contribution in [0.1, 0.15) is 62.8 Å². The number of nitrogens with zero attached hydrogens (tertiary/aromatic N) is 1. The van der Waals surface area contributed by atoms with Crippen LogP contribution in [0.2, 0.25) is 0 Å². The van der Waals surface area contributed by atoms with E-state index in [0.717, 1.165) is 30.1 Å². The molecular formula is C19H26N2OS. The lowest BCUT2D eigenvalue weighted by atomic mass is 9.40. The Hall–Kier alpha value is -1.16. The van der Waals surface area contributed by atoms with Crippen molar-refractivity contribution in [1.29, 1.82) is 0 Å². The highest BCUT2D eigenvalue weighted by Crippen LogP contribution is 2.69. The van der Waals surface area contributed by atoms with Gasteiger partial charge in [0.1, 0.15) is 0 Å². The van der Waals surface area contributed by atoms with Gasteiger partial charge in [0.15, 0.2) is 0 Å². The lowest BCUT2D eigenvalue weighted by molar-refractivity contribution is -0.170. The second-order valence-corrected chi connectivity index (χ2v) is 10.0. The number of amides is 1. The summed E-state index contributed by atoms with van der Waals surface area (Å²) in [5.41, 5.74) is 4.63. The maximum absolute atomic E-state index is 13.0. The fourth-order valence-corrected chi connectivity index (χ4v) is 7.27. The normalized spacial score (nSPS) is 41.6. The first kappa shape index (κ1) is 15.4. The Bertz CT molecular complexity index is 659. The van der Waals surface area contributed by atoms with E-state index in [0.29, 0.717) is 10.8 Å². The van der Waals surface area contributed by atoms with Crippen molar-refractivity contribution in [3.05, 3.63) is 21.9 Å². The zero-order valence-corrected chi connectivity index (χ0v) is 15.1. The third-order valence-corrected chi connectivity index (χ3v) is 7.31. The van der Waals surface area contributed by atoms with Gasteiger partial charge in [0.05, 0.1) is 11.6 Å². The molecule has 4 heteroatoms. The molecule has 2 atom stereocenters. The molecule has 0 radical (unpaired) electrons. The van der Waals surface area contributed by atoms with E-state index in [1.807, 2.05) is 0 Å². The van der Waals surface area contributed by atoms with Crippen LogP contribution < -0.4 is 5.43 Å². The average Bonchev–Trinajstić information content (AvgIpc) is 2.80. The van der Waals surface area contributed by atoms with Crippen molar-refractivity contribution in [2.45, 2.75) is 59.3 Å². The fraction of sp³-hybridized carbons (Fsp3) is 0.684. The predicted octanol–water partition coefficient (Wildman–Crippen LogP) is 4.50. The van der Waals surface area contributed by atoms with Gasteiger partial charge in [0.25, 0.3) is 0 Å². The van der Waals surface area contributed by atoms with Crippen molar-refractivity contribution in [1.82, 2.24) is 5.43 Å². The monoisotopic (exact) mass is 330 g/mol. The highest BCUT2D eigenvalue weighted by atomic mass is 32.1. The van der Waals surface area contributed by atoms with Crippen molar-refractivity contribution >= 4 is 23.5 Å². The molecule has 5 rings (SSSR count). The van der Waals surface area contributed by atoms with Gasteiger partial charge >= 0.3 is 0 Å². The molecule has 4 aliphatic rings. The predicted molar refractivity (Wildman–Crippen MR) is 94.6 cm³/mol. The molecule has 2 unspecified atom stereocenters. The van der Waals surface area contributed by atoms with E-state index in [2.05, 4.69) is 42.7 Å². The number of hydrazone groups is 1. The van der Waals surface area contributed by atoms with E-state index >= 15 is 0 Å². The summed E-state index contributed by atoms with van der Waals surface area (Å²) >= 11 is 1.66. The minimum absolute atomic E-state index is 0.157. The largest absolute Gasteiger partial charge is 0.273 e. The number of hydrogen-bond donors (Lipinski definition) is 1. The van der Waals surface area contributed by atoms with Gasteiger partial charge in [-0.25, -0.2) is 5.43 Å². The Balaban J connectivity index is 1.52. The van der Waals surface area contributed by atoms with Gasteiger partial charge in [-0.3, -0.25) is 4.79 Å². The van der Waals surface area contributed by atoms with Crippen LogP contribution in [0.15, 0.2) is 16.5 Å². The van der Waals surface area contributed by atoms with E-state index in [9.17, 15) is 4.79 Å². The summed E-state index contributed by atoms with van der Waals surface area (Å²) in [6.45, 7) is 6.87. The minimum atomic E-state index is -0.176. The fourth-order valence-electron chi connectivity index (χ4n) is 6.49. The molecule has 3 nitrogen and oxygen atoms in total. The van der Waals surface area contributed by atoms with Crippen LogP contribution in [0.5, 0.6) is 0 Å². The third-order valence-electron chi connectivity index (χ3n) is 6.36. The first-order valence-corrected chi connectivity index (χ1v) is 9.57. The molecule has 23 heavy (non-hydrogen) atoms. The molecule has 4 saturated carbocycles. The highest BCUT2D eigenvalue weighted by molar-refractivity contribution is 7.11. The molecule has 4 bridgehead atoms. The zero-order valence-electron chi connectivity index (χ0n) is 14.3. The first-order valence-electron chi connectivity index (χ1n) is 8.69. The van der Waals surface area contributed by atoms with Crippen LogP contribution in [0.3, 0.4) is 0 Å². The van der Waals surface area contributed by atoms with Gasteiger partial charge in [-0.05, 0) is 79.2 Å². The first-order chi connectivity index (χ1) is 10.8. The molecule has 1 N–H and O–H groups in total. The Morgan fingerprint density at radius 2 is 1.96 bits per heavy atom. The zero-order chi connectivity index (χ0) is 16.3. The SMILES string of the molecule is Cc1ccsc1/C=N/NC(=O)C12CC3CC(C)(CC(C)(C3)C1)C2. The molecule has 1 amide bonds. The maximum Gasteiger partial charge on any atom is 0.246 e. The summed E-state index contributed by atoms with van der Waals surface area (Å²) < 4.78 is 0. The Kier molecular flexibility index (Phi) is 3.29. The van der Waals surface area contributed by atoms with Gasteiger partial charge in [0.2, 0.25) is 5.91 Å².